The maximum absolute atomic E-state index is 8.47. The smallest absolute Gasteiger partial charge is 0.119 e. The zero-order valence-corrected chi connectivity index (χ0v) is 12.2. The van der Waals surface area contributed by atoms with Gasteiger partial charge in [-0.15, -0.1) is 0 Å². The molecule has 0 saturated heterocycles. The van der Waals surface area contributed by atoms with E-state index >= 15 is 0 Å². The molecule has 0 bridgehead atoms. The zero-order valence-electron chi connectivity index (χ0n) is 11.3. The van der Waals surface area contributed by atoms with Crippen molar-refractivity contribution in [3.05, 3.63) is 52.2 Å². The Morgan fingerprint density at radius 1 is 1.20 bits per heavy atom. The number of unbranched alkanes of at least 4 members (excludes halogenated alkanes) is 1. The molecule has 1 aromatic carbocycles. The van der Waals surface area contributed by atoms with Gasteiger partial charge in [0.2, 0.25) is 0 Å². The van der Waals surface area contributed by atoms with E-state index in [1.54, 1.807) is 11.3 Å². The fourth-order valence-electron chi connectivity index (χ4n) is 1.83. The summed E-state index contributed by atoms with van der Waals surface area (Å²) in [7, 11) is 0. The Labute approximate surface area is 123 Å². The van der Waals surface area contributed by atoms with Crippen LogP contribution in [0.2, 0.25) is 0 Å². The van der Waals surface area contributed by atoms with E-state index in [-0.39, 0.29) is 0 Å². The lowest BCUT2D eigenvalue weighted by molar-refractivity contribution is 0.312. The minimum Gasteiger partial charge on any atom is -0.494 e. The van der Waals surface area contributed by atoms with Crippen LogP contribution in [0.1, 0.15) is 24.0 Å². The van der Waals surface area contributed by atoms with Gasteiger partial charge in [0.15, 0.2) is 0 Å². The maximum Gasteiger partial charge on any atom is 0.119 e. The molecular weight excluding hydrogens is 268 g/mol. The van der Waals surface area contributed by atoms with Gasteiger partial charge in [-0.1, -0.05) is 12.1 Å². The largest absolute Gasteiger partial charge is 0.494 e. The van der Waals surface area contributed by atoms with Crippen LogP contribution in [0.4, 0.5) is 0 Å². The lowest BCUT2D eigenvalue weighted by atomic mass is 10.2. The Morgan fingerprint density at radius 2 is 2.10 bits per heavy atom. The Morgan fingerprint density at radius 3 is 2.90 bits per heavy atom. The molecule has 0 radical (unpaired) electrons. The topological polar surface area (TPSA) is 45.0 Å². The summed E-state index contributed by atoms with van der Waals surface area (Å²) in [6.45, 7) is 2.31. The van der Waals surface area contributed by atoms with Crippen molar-refractivity contribution in [2.75, 3.05) is 6.61 Å². The average Bonchev–Trinajstić information content (AvgIpc) is 2.97. The third-order valence-electron chi connectivity index (χ3n) is 2.84. The molecule has 0 atom stereocenters. The molecule has 2 aromatic rings. The van der Waals surface area contributed by atoms with Crippen molar-refractivity contribution in [3.63, 3.8) is 0 Å². The second-order valence-corrected chi connectivity index (χ2v) is 5.27. The maximum atomic E-state index is 8.47. The van der Waals surface area contributed by atoms with E-state index in [0.29, 0.717) is 13.0 Å². The summed E-state index contributed by atoms with van der Waals surface area (Å²) < 4.78 is 5.62. The van der Waals surface area contributed by atoms with Crippen LogP contribution in [0, 0.1) is 11.3 Å². The monoisotopic (exact) mass is 286 g/mol. The SMILES string of the molecule is N#CCCCOc1cccc(CNCc2ccsc2)c1. The van der Waals surface area contributed by atoms with Crippen molar-refractivity contribution in [1.82, 2.24) is 5.32 Å². The fourth-order valence-corrected chi connectivity index (χ4v) is 2.50. The zero-order chi connectivity index (χ0) is 14.0. The molecule has 1 aromatic heterocycles. The molecule has 104 valence electrons. The molecule has 1 N–H and O–H groups in total. The van der Waals surface area contributed by atoms with Crippen LogP contribution < -0.4 is 10.1 Å². The number of nitrogens with zero attached hydrogens (tertiary/aromatic N) is 1. The van der Waals surface area contributed by atoms with Crippen LogP contribution in [0.25, 0.3) is 0 Å². The summed E-state index contributed by atoms with van der Waals surface area (Å²) in [5.74, 6) is 0.873. The van der Waals surface area contributed by atoms with E-state index in [1.807, 2.05) is 18.2 Å². The molecule has 0 aliphatic carbocycles. The van der Waals surface area contributed by atoms with Gasteiger partial charge in [0, 0.05) is 19.5 Å². The molecule has 2 rings (SSSR count). The lowest BCUT2D eigenvalue weighted by Gasteiger charge is -2.08. The third kappa shape index (κ3) is 5.04. The summed E-state index contributed by atoms with van der Waals surface area (Å²) >= 11 is 1.72. The van der Waals surface area contributed by atoms with Crippen molar-refractivity contribution in [2.24, 2.45) is 0 Å². The van der Waals surface area contributed by atoms with Gasteiger partial charge in [0.25, 0.3) is 0 Å². The van der Waals surface area contributed by atoms with Crippen LogP contribution in [0.15, 0.2) is 41.1 Å². The van der Waals surface area contributed by atoms with Crippen molar-refractivity contribution in [3.8, 4) is 11.8 Å². The minimum absolute atomic E-state index is 0.544. The van der Waals surface area contributed by atoms with Crippen LogP contribution in [-0.2, 0) is 13.1 Å². The summed E-state index contributed by atoms with van der Waals surface area (Å²) in [6.07, 6.45) is 1.32. The van der Waals surface area contributed by atoms with Gasteiger partial charge in [-0.05, 0) is 46.5 Å². The van der Waals surface area contributed by atoms with Gasteiger partial charge >= 0.3 is 0 Å². The van der Waals surface area contributed by atoms with Gasteiger partial charge in [-0.25, -0.2) is 0 Å². The first-order valence-electron chi connectivity index (χ1n) is 6.69. The highest BCUT2D eigenvalue weighted by Crippen LogP contribution is 2.14. The first-order valence-corrected chi connectivity index (χ1v) is 7.63. The Bertz CT molecular complexity index is 546. The van der Waals surface area contributed by atoms with Crippen molar-refractivity contribution in [2.45, 2.75) is 25.9 Å². The van der Waals surface area contributed by atoms with E-state index in [0.717, 1.165) is 25.3 Å². The fraction of sp³-hybridized carbons (Fsp3) is 0.312. The molecule has 0 aliphatic rings. The van der Waals surface area contributed by atoms with Crippen molar-refractivity contribution in [1.29, 1.82) is 5.26 Å². The predicted molar refractivity (Wildman–Crippen MR) is 81.6 cm³/mol. The Kier molecular flexibility index (Phi) is 6.09. The summed E-state index contributed by atoms with van der Waals surface area (Å²) in [5, 5.41) is 16.1. The quantitative estimate of drug-likeness (QED) is 0.752. The predicted octanol–water partition coefficient (Wildman–Crippen LogP) is 3.72. The lowest BCUT2D eigenvalue weighted by Crippen LogP contribution is -2.12. The number of nitrogens with one attached hydrogen (secondary N) is 1. The van der Waals surface area contributed by atoms with E-state index in [2.05, 4.69) is 34.3 Å². The van der Waals surface area contributed by atoms with E-state index in [4.69, 9.17) is 10.00 Å². The molecule has 0 spiro atoms. The molecular formula is C16H18N2OS. The third-order valence-corrected chi connectivity index (χ3v) is 3.57. The van der Waals surface area contributed by atoms with E-state index in [9.17, 15) is 0 Å². The molecule has 0 unspecified atom stereocenters. The highest BCUT2D eigenvalue weighted by molar-refractivity contribution is 7.07. The summed E-state index contributed by atoms with van der Waals surface area (Å²) in [6, 6.07) is 12.3. The molecule has 0 fully saturated rings. The highest BCUT2D eigenvalue weighted by atomic mass is 32.1. The number of benzene rings is 1. The number of rotatable bonds is 8. The van der Waals surface area contributed by atoms with Crippen LogP contribution in [0.5, 0.6) is 5.75 Å². The number of hydrogen-bond acceptors (Lipinski definition) is 4. The Hall–Kier alpha value is -1.83. The van der Waals surface area contributed by atoms with Gasteiger partial charge in [0.1, 0.15) is 5.75 Å². The number of hydrogen-bond donors (Lipinski definition) is 1. The van der Waals surface area contributed by atoms with Crippen molar-refractivity contribution >= 4 is 11.3 Å². The van der Waals surface area contributed by atoms with Crippen LogP contribution in [0.3, 0.4) is 0 Å². The molecule has 0 amide bonds. The van der Waals surface area contributed by atoms with E-state index < -0.39 is 0 Å². The van der Waals surface area contributed by atoms with Crippen LogP contribution in [-0.4, -0.2) is 6.61 Å². The number of thiophene rings is 1. The molecule has 3 nitrogen and oxygen atoms in total. The number of ether oxygens (including phenoxy) is 1. The van der Waals surface area contributed by atoms with Gasteiger partial charge < -0.3 is 10.1 Å². The van der Waals surface area contributed by atoms with Gasteiger partial charge in [0.05, 0.1) is 12.7 Å². The molecule has 20 heavy (non-hydrogen) atoms. The average molecular weight is 286 g/mol. The Balaban J connectivity index is 1.75. The summed E-state index contributed by atoms with van der Waals surface area (Å²) in [5.41, 5.74) is 2.52. The highest BCUT2D eigenvalue weighted by Gasteiger charge is 1.98. The van der Waals surface area contributed by atoms with Crippen molar-refractivity contribution < 1.29 is 4.74 Å². The normalized spacial score (nSPS) is 10.2. The molecule has 0 aliphatic heterocycles. The summed E-state index contributed by atoms with van der Waals surface area (Å²) in [4.78, 5) is 0. The van der Waals surface area contributed by atoms with Crippen LogP contribution >= 0.6 is 11.3 Å². The second-order valence-electron chi connectivity index (χ2n) is 4.49. The standard InChI is InChI=1S/C16H18N2OS/c17-7-1-2-8-19-16-5-3-4-14(10-16)11-18-12-15-6-9-20-13-15/h3-6,9-10,13,18H,1-2,8,11-12H2. The molecule has 1 heterocycles. The van der Waals surface area contributed by atoms with E-state index in [1.165, 1.54) is 11.1 Å². The number of nitriles is 1. The minimum atomic E-state index is 0.544. The van der Waals surface area contributed by atoms with Gasteiger partial charge in [-0.2, -0.15) is 16.6 Å². The first kappa shape index (κ1) is 14.6. The first-order chi connectivity index (χ1) is 9.88. The molecule has 4 heteroatoms. The molecule has 0 saturated carbocycles. The second kappa shape index (κ2) is 8.36. The van der Waals surface area contributed by atoms with Gasteiger partial charge in [-0.3, -0.25) is 0 Å².